The Morgan fingerprint density at radius 3 is 2.38 bits per heavy atom. The molecule has 0 fully saturated rings. The molecule has 24 heavy (non-hydrogen) atoms. The second-order valence-electron chi connectivity index (χ2n) is 5.84. The molecule has 0 radical (unpaired) electrons. The predicted molar refractivity (Wildman–Crippen MR) is 99.4 cm³/mol. The van der Waals surface area contributed by atoms with Gasteiger partial charge in [0.25, 0.3) is 5.91 Å². The molecule has 2 aromatic carbocycles. The van der Waals surface area contributed by atoms with Crippen LogP contribution in [0.2, 0.25) is 0 Å². The Morgan fingerprint density at radius 1 is 1.08 bits per heavy atom. The summed E-state index contributed by atoms with van der Waals surface area (Å²) in [6.07, 6.45) is 0.802. The summed E-state index contributed by atoms with van der Waals surface area (Å²) in [6.45, 7) is 3.95. The monoisotopic (exact) mass is 336 g/mol. The maximum Gasteiger partial charge on any atom is 0.271 e. The van der Waals surface area contributed by atoms with Crippen molar-refractivity contribution in [1.82, 2.24) is 10.3 Å². The largest absolute Gasteiger partial charge is 0.348 e. The van der Waals surface area contributed by atoms with Crippen LogP contribution in [0.5, 0.6) is 0 Å². The number of carbonyl (C=O) groups is 1. The molecule has 0 bridgehead atoms. The van der Waals surface area contributed by atoms with E-state index in [-0.39, 0.29) is 11.9 Å². The number of amides is 1. The molecule has 1 heterocycles. The van der Waals surface area contributed by atoms with Crippen molar-refractivity contribution < 1.29 is 4.79 Å². The second kappa shape index (κ2) is 7.41. The molecule has 1 aromatic heterocycles. The molecule has 122 valence electrons. The van der Waals surface area contributed by atoms with E-state index in [1.54, 1.807) is 11.3 Å². The van der Waals surface area contributed by atoms with Crippen LogP contribution in [-0.2, 0) is 6.42 Å². The maximum atomic E-state index is 12.7. The first-order valence-electron chi connectivity index (χ1n) is 8.01. The number of aromatic nitrogens is 1. The van der Waals surface area contributed by atoms with E-state index < -0.39 is 0 Å². The first kappa shape index (κ1) is 16.4. The Hall–Kier alpha value is -2.46. The lowest BCUT2D eigenvalue weighted by atomic mass is 10.1. The highest BCUT2D eigenvalue weighted by Gasteiger charge is 2.19. The lowest BCUT2D eigenvalue weighted by Crippen LogP contribution is -2.34. The van der Waals surface area contributed by atoms with E-state index in [4.69, 9.17) is 0 Å². The van der Waals surface area contributed by atoms with E-state index in [0.29, 0.717) is 5.69 Å². The van der Waals surface area contributed by atoms with E-state index in [2.05, 4.69) is 22.4 Å². The van der Waals surface area contributed by atoms with E-state index in [0.717, 1.165) is 21.9 Å². The van der Waals surface area contributed by atoms with Gasteiger partial charge in [0.05, 0.1) is 9.88 Å². The fourth-order valence-corrected chi connectivity index (χ4v) is 3.60. The van der Waals surface area contributed by atoms with Gasteiger partial charge in [-0.15, -0.1) is 11.3 Å². The molecule has 0 saturated heterocycles. The Labute approximate surface area is 146 Å². The number of benzene rings is 2. The summed E-state index contributed by atoms with van der Waals surface area (Å²) in [5, 5.41) is 3.97. The van der Waals surface area contributed by atoms with Crippen molar-refractivity contribution in [2.24, 2.45) is 0 Å². The molecule has 1 unspecified atom stereocenters. The zero-order chi connectivity index (χ0) is 16.9. The first-order valence-corrected chi connectivity index (χ1v) is 8.83. The van der Waals surface area contributed by atoms with Crippen molar-refractivity contribution in [3.05, 3.63) is 76.9 Å². The van der Waals surface area contributed by atoms with Gasteiger partial charge >= 0.3 is 0 Å². The SMILES string of the molecule is Cc1nc(C(=O)NC(C)Cc2ccccc2)c(-c2ccccc2)s1. The zero-order valence-corrected chi connectivity index (χ0v) is 14.6. The smallest absolute Gasteiger partial charge is 0.271 e. The number of nitrogens with one attached hydrogen (secondary N) is 1. The third-order valence-electron chi connectivity index (χ3n) is 3.75. The van der Waals surface area contributed by atoms with Crippen LogP contribution in [0.1, 0.15) is 28.0 Å². The van der Waals surface area contributed by atoms with Gasteiger partial charge in [-0.1, -0.05) is 60.7 Å². The van der Waals surface area contributed by atoms with Crippen molar-refractivity contribution in [3.8, 4) is 10.4 Å². The zero-order valence-electron chi connectivity index (χ0n) is 13.8. The molecule has 0 saturated carbocycles. The van der Waals surface area contributed by atoms with Gasteiger partial charge in [-0.25, -0.2) is 4.98 Å². The normalized spacial score (nSPS) is 11.9. The van der Waals surface area contributed by atoms with E-state index in [1.807, 2.05) is 62.4 Å². The lowest BCUT2D eigenvalue weighted by Gasteiger charge is -2.13. The van der Waals surface area contributed by atoms with Gasteiger partial charge in [0.15, 0.2) is 0 Å². The summed E-state index contributed by atoms with van der Waals surface area (Å²) in [6, 6.07) is 20.2. The maximum absolute atomic E-state index is 12.7. The predicted octanol–water partition coefficient (Wildman–Crippen LogP) is 4.48. The third kappa shape index (κ3) is 3.89. The fraction of sp³-hybridized carbons (Fsp3) is 0.200. The second-order valence-corrected chi connectivity index (χ2v) is 7.04. The molecule has 0 spiro atoms. The number of carbonyl (C=O) groups excluding carboxylic acids is 1. The number of aryl methyl sites for hydroxylation is 1. The van der Waals surface area contributed by atoms with Crippen LogP contribution in [0, 0.1) is 6.92 Å². The molecule has 1 N–H and O–H groups in total. The quantitative estimate of drug-likeness (QED) is 0.746. The standard InChI is InChI=1S/C20H20N2OS/c1-14(13-16-9-5-3-6-10-16)21-20(23)18-19(24-15(2)22-18)17-11-7-4-8-12-17/h3-12,14H,13H2,1-2H3,(H,21,23). The van der Waals surface area contributed by atoms with Crippen LogP contribution >= 0.6 is 11.3 Å². The number of hydrogen-bond donors (Lipinski definition) is 1. The molecular weight excluding hydrogens is 316 g/mol. The van der Waals surface area contributed by atoms with Crippen LogP contribution in [-0.4, -0.2) is 16.9 Å². The van der Waals surface area contributed by atoms with Gasteiger partial charge in [-0.05, 0) is 31.4 Å². The summed E-state index contributed by atoms with van der Waals surface area (Å²) in [7, 11) is 0. The molecule has 3 rings (SSSR count). The third-order valence-corrected chi connectivity index (χ3v) is 4.77. The minimum Gasteiger partial charge on any atom is -0.348 e. The highest BCUT2D eigenvalue weighted by molar-refractivity contribution is 7.15. The fourth-order valence-electron chi connectivity index (χ4n) is 2.68. The number of rotatable bonds is 5. The van der Waals surface area contributed by atoms with E-state index in [9.17, 15) is 4.79 Å². The molecule has 3 nitrogen and oxygen atoms in total. The average Bonchev–Trinajstić information content (AvgIpc) is 2.98. The molecule has 4 heteroatoms. The molecule has 0 aliphatic rings. The Morgan fingerprint density at radius 2 is 1.71 bits per heavy atom. The van der Waals surface area contributed by atoms with Crippen molar-refractivity contribution >= 4 is 17.2 Å². The molecule has 1 amide bonds. The van der Waals surface area contributed by atoms with Gasteiger partial charge < -0.3 is 5.32 Å². The van der Waals surface area contributed by atoms with E-state index >= 15 is 0 Å². The van der Waals surface area contributed by atoms with Gasteiger partial charge in [0.1, 0.15) is 5.69 Å². The Kier molecular flexibility index (Phi) is 5.06. The summed E-state index contributed by atoms with van der Waals surface area (Å²) in [5.41, 5.74) is 2.76. The Bertz CT molecular complexity index is 812. The number of hydrogen-bond acceptors (Lipinski definition) is 3. The topological polar surface area (TPSA) is 42.0 Å². The summed E-state index contributed by atoms with van der Waals surface area (Å²) in [5.74, 6) is -0.110. The highest BCUT2D eigenvalue weighted by Crippen LogP contribution is 2.30. The van der Waals surface area contributed by atoms with Gasteiger partial charge in [-0.3, -0.25) is 4.79 Å². The lowest BCUT2D eigenvalue weighted by molar-refractivity contribution is 0.0936. The van der Waals surface area contributed by atoms with Crippen LogP contribution in [0.25, 0.3) is 10.4 Å². The molecule has 0 aliphatic heterocycles. The van der Waals surface area contributed by atoms with Crippen molar-refractivity contribution in [2.75, 3.05) is 0 Å². The summed E-state index contributed by atoms with van der Waals surface area (Å²) >= 11 is 1.55. The summed E-state index contributed by atoms with van der Waals surface area (Å²) < 4.78 is 0. The highest BCUT2D eigenvalue weighted by atomic mass is 32.1. The van der Waals surface area contributed by atoms with Crippen LogP contribution in [0.4, 0.5) is 0 Å². The van der Waals surface area contributed by atoms with E-state index in [1.165, 1.54) is 5.56 Å². The first-order chi connectivity index (χ1) is 11.6. The van der Waals surface area contributed by atoms with Crippen molar-refractivity contribution in [2.45, 2.75) is 26.3 Å². The van der Waals surface area contributed by atoms with Crippen LogP contribution in [0.3, 0.4) is 0 Å². The molecule has 0 aliphatic carbocycles. The average molecular weight is 336 g/mol. The Balaban J connectivity index is 1.76. The van der Waals surface area contributed by atoms with Crippen molar-refractivity contribution in [3.63, 3.8) is 0 Å². The number of thiazole rings is 1. The van der Waals surface area contributed by atoms with Gasteiger partial charge in [-0.2, -0.15) is 0 Å². The molecular formula is C20H20N2OS. The molecule has 1 atom stereocenters. The van der Waals surface area contributed by atoms with Crippen LogP contribution in [0.15, 0.2) is 60.7 Å². The molecule has 3 aromatic rings. The minimum atomic E-state index is -0.110. The summed E-state index contributed by atoms with van der Waals surface area (Å²) in [4.78, 5) is 18.1. The van der Waals surface area contributed by atoms with Gasteiger partial charge in [0.2, 0.25) is 0 Å². The number of nitrogens with zero attached hydrogens (tertiary/aromatic N) is 1. The minimum absolute atomic E-state index is 0.0468. The van der Waals surface area contributed by atoms with Gasteiger partial charge in [0, 0.05) is 6.04 Å². The van der Waals surface area contributed by atoms with Crippen LogP contribution < -0.4 is 5.32 Å². The van der Waals surface area contributed by atoms with Crippen molar-refractivity contribution in [1.29, 1.82) is 0 Å².